The fourth-order valence-corrected chi connectivity index (χ4v) is 4.21. The van der Waals surface area contributed by atoms with Gasteiger partial charge in [0.15, 0.2) is 0 Å². The molecule has 0 saturated carbocycles. The van der Waals surface area contributed by atoms with Gasteiger partial charge in [0.05, 0.1) is 17.8 Å². The van der Waals surface area contributed by atoms with Gasteiger partial charge in [0.2, 0.25) is 5.91 Å². The molecule has 0 unspecified atom stereocenters. The minimum absolute atomic E-state index is 0.113. The van der Waals surface area contributed by atoms with E-state index in [0.29, 0.717) is 17.8 Å². The lowest BCUT2D eigenvalue weighted by atomic mass is 9.97. The van der Waals surface area contributed by atoms with Crippen LogP contribution in [0.2, 0.25) is 0 Å². The normalized spacial score (nSPS) is 11.2. The van der Waals surface area contributed by atoms with Crippen molar-refractivity contribution in [2.45, 2.75) is 6.54 Å². The van der Waals surface area contributed by atoms with Gasteiger partial charge in [0, 0.05) is 11.9 Å². The number of carbonyl (C=O) groups is 2. The van der Waals surface area contributed by atoms with Gasteiger partial charge in [0.25, 0.3) is 5.91 Å². The molecule has 5 aromatic rings. The molecule has 0 fully saturated rings. The molecule has 0 saturated heterocycles. The molecule has 0 aliphatic heterocycles. The summed E-state index contributed by atoms with van der Waals surface area (Å²) in [6, 6.07) is 29.9. The lowest BCUT2D eigenvalue weighted by molar-refractivity contribution is -0.115. The van der Waals surface area contributed by atoms with E-state index in [-0.39, 0.29) is 12.5 Å². The monoisotopic (exact) mass is 433 g/mol. The van der Waals surface area contributed by atoms with Crippen molar-refractivity contribution in [2.75, 3.05) is 11.9 Å². The second kappa shape index (κ2) is 8.73. The molecule has 5 rings (SSSR count). The maximum absolute atomic E-state index is 12.7. The highest BCUT2D eigenvalue weighted by atomic mass is 16.2. The summed E-state index contributed by atoms with van der Waals surface area (Å²) in [4.78, 5) is 24.9. The van der Waals surface area contributed by atoms with Crippen LogP contribution in [0.3, 0.4) is 0 Å². The zero-order valence-electron chi connectivity index (χ0n) is 18.0. The quantitative estimate of drug-likeness (QED) is 0.331. The summed E-state index contributed by atoms with van der Waals surface area (Å²) in [5, 5.41) is 12.2. The van der Waals surface area contributed by atoms with Crippen LogP contribution in [0.5, 0.6) is 0 Å². The van der Waals surface area contributed by atoms with E-state index in [9.17, 15) is 9.59 Å². The third-order valence-corrected chi connectivity index (χ3v) is 5.83. The Morgan fingerprint density at radius 3 is 2.03 bits per heavy atom. The van der Waals surface area contributed by atoms with Crippen LogP contribution in [-0.4, -0.2) is 18.4 Å². The molecule has 0 aliphatic carbocycles. The summed E-state index contributed by atoms with van der Waals surface area (Å²) >= 11 is 0. The lowest BCUT2D eigenvalue weighted by Crippen LogP contribution is -2.28. The summed E-state index contributed by atoms with van der Waals surface area (Å²) in [6.45, 7) is 0.686. The van der Waals surface area contributed by atoms with Crippen LogP contribution in [0.25, 0.3) is 32.3 Å². The number of benzene rings is 5. The van der Waals surface area contributed by atoms with E-state index < -0.39 is 5.91 Å². The Bertz CT molecular complexity index is 1510. The van der Waals surface area contributed by atoms with Crippen molar-refractivity contribution in [1.29, 1.82) is 0 Å². The first-order valence-corrected chi connectivity index (χ1v) is 10.8. The molecule has 0 atom stereocenters. The molecular formula is C28H23N3O2. The van der Waals surface area contributed by atoms with Crippen molar-refractivity contribution in [3.8, 4) is 0 Å². The molecular weight excluding hydrogens is 410 g/mol. The van der Waals surface area contributed by atoms with Crippen molar-refractivity contribution in [3.05, 3.63) is 102 Å². The van der Waals surface area contributed by atoms with Crippen LogP contribution >= 0.6 is 0 Å². The predicted molar refractivity (Wildman–Crippen MR) is 134 cm³/mol. The number of fused-ring (bicyclic) bond motifs is 3. The Kier molecular flexibility index (Phi) is 5.47. The summed E-state index contributed by atoms with van der Waals surface area (Å²) in [6.07, 6.45) is 0. The number of nitrogens with two attached hydrogens (primary N) is 1. The Labute approximate surface area is 191 Å². The van der Waals surface area contributed by atoms with Gasteiger partial charge in [-0.1, -0.05) is 60.7 Å². The molecule has 5 nitrogen and oxygen atoms in total. The predicted octanol–water partition coefficient (Wildman–Crippen LogP) is 4.97. The minimum atomic E-state index is -0.581. The number of hydrogen-bond acceptors (Lipinski definition) is 3. The molecule has 162 valence electrons. The molecule has 33 heavy (non-hydrogen) atoms. The number of amides is 2. The average Bonchev–Trinajstić information content (AvgIpc) is 2.82. The van der Waals surface area contributed by atoms with Crippen LogP contribution < -0.4 is 16.4 Å². The first-order chi connectivity index (χ1) is 16.1. The Hall–Kier alpha value is -4.22. The van der Waals surface area contributed by atoms with Crippen LogP contribution in [0.15, 0.2) is 91.0 Å². The van der Waals surface area contributed by atoms with Crippen LogP contribution in [0, 0.1) is 0 Å². The summed E-state index contributed by atoms with van der Waals surface area (Å²) < 4.78 is 0. The maximum atomic E-state index is 12.7. The van der Waals surface area contributed by atoms with Gasteiger partial charge in [-0.05, 0) is 62.8 Å². The average molecular weight is 434 g/mol. The molecule has 0 spiro atoms. The van der Waals surface area contributed by atoms with Crippen molar-refractivity contribution >= 4 is 49.8 Å². The SMILES string of the molecule is NC(=O)c1ccc2cc3cc4ccccc4cc3cc2c1NC(=O)CNCc1ccccc1. The highest BCUT2D eigenvalue weighted by molar-refractivity contribution is 6.15. The molecule has 0 bridgehead atoms. The molecule has 4 N–H and O–H groups in total. The van der Waals surface area contributed by atoms with E-state index in [1.807, 2.05) is 54.6 Å². The standard InChI is InChI=1S/C28H23N3O2/c29-28(33)24-11-10-21-14-22-12-19-8-4-5-9-20(19)13-23(22)15-25(21)27(24)31-26(32)17-30-16-18-6-2-1-3-7-18/h1-15,30H,16-17H2,(H2,29,33)(H,31,32). The summed E-state index contributed by atoms with van der Waals surface area (Å²) in [5.41, 5.74) is 7.47. The van der Waals surface area contributed by atoms with Gasteiger partial charge in [0.1, 0.15) is 0 Å². The van der Waals surface area contributed by atoms with Gasteiger partial charge in [-0.25, -0.2) is 0 Å². The van der Waals surface area contributed by atoms with Gasteiger partial charge >= 0.3 is 0 Å². The van der Waals surface area contributed by atoms with Crippen molar-refractivity contribution in [3.63, 3.8) is 0 Å². The van der Waals surface area contributed by atoms with Gasteiger partial charge in [-0.15, -0.1) is 0 Å². The molecule has 0 aromatic heterocycles. The summed E-state index contributed by atoms with van der Waals surface area (Å²) in [5.74, 6) is -0.817. The van der Waals surface area contributed by atoms with Gasteiger partial charge in [-0.3, -0.25) is 9.59 Å². The highest BCUT2D eigenvalue weighted by Gasteiger charge is 2.15. The van der Waals surface area contributed by atoms with Crippen LogP contribution in [0.1, 0.15) is 15.9 Å². The largest absolute Gasteiger partial charge is 0.366 e. The van der Waals surface area contributed by atoms with Crippen LogP contribution in [0.4, 0.5) is 5.69 Å². The zero-order chi connectivity index (χ0) is 22.8. The van der Waals surface area contributed by atoms with E-state index in [1.165, 1.54) is 0 Å². The van der Waals surface area contributed by atoms with E-state index in [4.69, 9.17) is 5.73 Å². The minimum Gasteiger partial charge on any atom is -0.366 e. The number of carbonyl (C=O) groups excluding carboxylic acids is 2. The molecule has 0 radical (unpaired) electrons. The maximum Gasteiger partial charge on any atom is 0.250 e. The number of rotatable bonds is 6. The number of nitrogens with one attached hydrogen (secondary N) is 2. The van der Waals surface area contributed by atoms with E-state index in [2.05, 4.69) is 41.0 Å². The second-order valence-corrected chi connectivity index (χ2v) is 8.11. The Morgan fingerprint density at radius 1 is 0.697 bits per heavy atom. The van der Waals surface area contributed by atoms with E-state index in [0.717, 1.165) is 37.9 Å². The lowest BCUT2D eigenvalue weighted by Gasteiger charge is -2.14. The van der Waals surface area contributed by atoms with E-state index >= 15 is 0 Å². The molecule has 0 aliphatic rings. The highest BCUT2D eigenvalue weighted by Crippen LogP contribution is 2.33. The molecule has 5 heteroatoms. The van der Waals surface area contributed by atoms with Gasteiger partial charge < -0.3 is 16.4 Å². The zero-order valence-corrected chi connectivity index (χ0v) is 18.0. The fourth-order valence-electron chi connectivity index (χ4n) is 4.21. The third kappa shape index (κ3) is 4.27. The Balaban J connectivity index is 1.50. The Morgan fingerprint density at radius 2 is 1.33 bits per heavy atom. The van der Waals surface area contributed by atoms with Crippen molar-refractivity contribution in [1.82, 2.24) is 5.32 Å². The first kappa shape index (κ1) is 20.7. The van der Waals surface area contributed by atoms with E-state index in [1.54, 1.807) is 6.07 Å². The number of anilines is 1. The topological polar surface area (TPSA) is 84.2 Å². The number of primary amides is 1. The fraction of sp³-hybridized carbons (Fsp3) is 0.0714. The smallest absolute Gasteiger partial charge is 0.250 e. The van der Waals surface area contributed by atoms with Crippen LogP contribution in [-0.2, 0) is 11.3 Å². The third-order valence-electron chi connectivity index (χ3n) is 5.83. The number of hydrogen-bond donors (Lipinski definition) is 3. The van der Waals surface area contributed by atoms with Crippen molar-refractivity contribution in [2.24, 2.45) is 5.73 Å². The summed E-state index contributed by atoms with van der Waals surface area (Å²) in [7, 11) is 0. The second-order valence-electron chi connectivity index (χ2n) is 8.11. The first-order valence-electron chi connectivity index (χ1n) is 10.8. The molecule has 0 heterocycles. The van der Waals surface area contributed by atoms with Crippen molar-refractivity contribution < 1.29 is 9.59 Å². The molecule has 5 aromatic carbocycles. The van der Waals surface area contributed by atoms with Gasteiger partial charge in [-0.2, -0.15) is 0 Å². The molecule has 2 amide bonds.